The van der Waals surface area contributed by atoms with Crippen LogP contribution in [0.3, 0.4) is 0 Å². The van der Waals surface area contributed by atoms with E-state index in [1.54, 1.807) is 0 Å². The molecule has 1 aromatic heterocycles. The Morgan fingerprint density at radius 3 is 2.66 bits per heavy atom. The molecule has 0 bridgehead atoms. The molecule has 0 radical (unpaired) electrons. The van der Waals surface area contributed by atoms with E-state index in [0.717, 1.165) is 61.0 Å². The van der Waals surface area contributed by atoms with Crippen LogP contribution in [0.2, 0.25) is 0 Å². The van der Waals surface area contributed by atoms with Gasteiger partial charge in [0, 0.05) is 51.2 Å². The van der Waals surface area contributed by atoms with Crippen molar-refractivity contribution in [3.05, 3.63) is 47.8 Å². The zero-order valence-electron chi connectivity index (χ0n) is 21.9. The van der Waals surface area contributed by atoms with Gasteiger partial charge in [-0.3, -0.25) is 9.69 Å². The summed E-state index contributed by atoms with van der Waals surface area (Å²) in [6.45, 7) is 12.0. The van der Waals surface area contributed by atoms with Crippen LogP contribution in [0.15, 0.2) is 31.1 Å². The number of rotatable bonds is 4. The molecule has 10 nitrogen and oxygen atoms in total. The highest BCUT2D eigenvalue weighted by molar-refractivity contribution is 7.91. The van der Waals surface area contributed by atoms with Gasteiger partial charge in [-0.25, -0.2) is 18.4 Å². The van der Waals surface area contributed by atoms with E-state index in [1.807, 2.05) is 16.7 Å². The molecule has 2 aromatic rings. The number of sulfone groups is 1. The minimum absolute atomic E-state index is 0.0174. The van der Waals surface area contributed by atoms with Crippen molar-refractivity contribution in [3.63, 3.8) is 0 Å². The van der Waals surface area contributed by atoms with Crippen molar-refractivity contribution in [1.29, 1.82) is 0 Å². The Morgan fingerprint density at radius 2 is 1.92 bits per heavy atom. The van der Waals surface area contributed by atoms with Gasteiger partial charge in [-0.2, -0.15) is 0 Å². The van der Waals surface area contributed by atoms with Gasteiger partial charge in [0.2, 0.25) is 5.91 Å². The van der Waals surface area contributed by atoms with Gasteiger partial charge in [0.05, 0.1) is 22.8 Å². The Morgan fingerprint density at radius 1 is 1.16 bits per heavy atom. The second-order valence-corrected chi connectivity index (χ2v) is 13.1. The fourth-order valence-corrected chi connectivity index (χ4v) is 7.28. The van der Waals surface area contributed by atoms with Crippen LogP contribution in [0.4, 0.5) is 17.3 Å². The van der Waals surface area contributed by atoms with Gasteiger partial charge in [0.1, 0.15) is 29.8 Å². The van der Waals surface area contributed by atoms with Crippen molar-refractivity contribution in [3.8, 4) is 5.75 Å². The minimum Gasteiger partial charge on any atom is -0.483 e. The number of carbonyl (C=O) groups excluding carboxylic acids is 1. The lowest BCUT2D eigenvalue weighted by atomic mass is 9.88. The third-order valence-corrected chi connectivity index (χ3v) is 9.91. The predicted octanol–water partition coefficient (Wildman–Crippen LogP) is 2.40. The normalized spacial score (nSPS) is 24.9. The van der Waals surface area contributed by atoms with Gasteiger partial charge < -0.3 is 19.9 Å². The molecule has 4 aliphatic rings. The number of carbonyl (C=O) groups is 1. The van der Waals surface area contributed by atoms with Crippen LogP contribution < -0.4 is 15.0 Å². The van der Waals surface area contributed by atoms with Crippen molar-refractivity contribution in [2.75, 3.05) is 61.0 Å². The Kier molecular flexibility index (Phi) is 6.30. The fourth-order valence-electron chi connectivity index (χ4n) is 6.08. The van der Waals surface area contributed by atoms with Crippen LogP contribution >= 0.6 is 0 Å². The topological polar surface area (TPSA) is 108 Å². The van der Waals surface area contributed by atoms with E-state index >= 15 is 0 Å². The number of hydrogen-bond acceptors (Lipinski definition) is 9. The summed E-state index contributed by atoms with van der Waals surface area (Å²) in [6.07, 6.45) is 3.63. The van der Waals surface area contributed by atoms with E-state index in [1.165, 1.54) is 18.0 Å². The molecule has 0 aliphatic carbocycles. The molecule has 11 heteroatoms. The van der Waals surface area contributed by atoms with Crippen molar-refractivity contribution in [1.82, 2.24) is 19.8 Å². The number of amides is 1. The number of benzene rings is 1. The minimum atomic E-state index is -3.00. The predicted molar refractivity (Wildman–Crippen MR) is 146 cm³/mol. The molecule has 0 spiro atoms. The molecule has 0 saturated carbocycles. The summed E-state index contributed by atoms with van der Waals surface area (Å²) >= 11 is 0. The molecule has 5 heterocycles. The lowest BCUT2D eigenvalue weighted by molar-refractivity contribution is -0.125. The second kappa shape index (κ2) is 9.53. The lowest BCUT2D eigenvalue weighted by Gasteiger charge is -2.43. The first-order valence-electron chi connectivity index (χ1n) is 13.3. The molecule has 1 unspecified atom stereocenters. The van der Waals surface area contributed by atoms with E-state index in [4.69, 9.17) is 4.74 Å². The molecule has 38 heavy (non-hydrogen) atoms. The first-order valence-corrected chi connectivity index (χ1v) is 15.1. The van der Waals surface area contributed by atoms with Crippen LogP contribution in [-0.2, 0) is 14.6 Å². The maximum Gasteiger partial charge on any atom is 0.246 e. The number of fused-ring (bicyclic) bond motifs is 2. The number of aryl methyl sites for hydroxylation is 1. The molecule has 1 aromatic carbocycles. The second-order valence-electron chi connectivity index (χ2n) is 10.8. The number of ether oxygens (including phenoxy) is 1. The van der Waals surface area contributed by atoms with Crippen LogP contribution in [0.25, 0.3) is 0 Å². The standard InChI is InChI=1S/C27H34N6O4S/c1-4-23(34)32-6-5-21(15-32)33-13-20(14-33)19-11-17(2)25-22(12-19)30-26-24(18(3)37-25)27(29-16-28-26)31-7-9-38(35,36)10-8-31/h4,11-12,16,18,20-21H,1,5-10,13-15H2,2-3H3,(H,28,29,30)/t18-,21?/m0/s1. The highest BCUT2D eigenvalue weighted by atomic mass is 32.2. The summed E-state index contributed by atoms with van der Waals surface area (Å²) in [4.78, 5) is 27.4. The largest absolute Gasteiger partial charge is 0.483 e. The van der Waals surface area contributed by atoms with Gasteiger partial charge in [0.25, 0.3) is 0 Å². The summed E-state index contributed by atoms with van der Waals surface area (Å²) in [6, 6.07) is 4.80. The van der Waals surface area contributed by atoms with Crippen molar-refractivity contribution >= 4 is 33.1 Å². The number of hydrogen-bond donors (Lipinski definition) is 1. The average Bonchev–Trinajstić information content (AvgIpc) is 3.28. The summed E-state index contributed by atoms with van der Waals surface area (Å²) in [5.41, 5.74) is 4.06. The molecule has 6 rings (SSSR count). The van der Waals surface area contributed by atoms with Gasteiger partial charge >= 0.3 is 0 Å². The lowest BCUT2D eigenvalue weighted by Crippen LogP contribution is -2.51. The van der Waals surface area contributed by atoms with E-state index in [-0.39, 0.29) is 23.5 Å². The molecule has 3 fully saturated rings. The number of anilines is 3. The van der Waals surface area contributed by atoms with E-state index in [0.29, 0.717) is 30.9 Å². The Bertz CT molecular complexity index is 1380. The van der Waals surface area contributed by atoms with E-state index in [2.05, 4.69) is 45.8 Å². The molecular formula is C27H34N6O4S. The molecule has 3 saturated heterocycles. The summed E-state index contributed by atoms with van der Waals surface area (Å²) in [7, 11) is -3.00. The van der Waals surface area contributed by atoms with Crippen LogP contribution in [-0.4, -0.2) is 90.9 Å². The molecule has 4 aliphatic heterocycles. The third kappa shape index (κ3) is 4.51. The SMILES string of the molecule is C=CC(=O)N1CCC(N2CC(c3cc(C)c4c(c3)Nc3ncnc(N5CCS(=O)(=O)CC5)c3[C@H](C)O4)C2)C1. The molecule has 1 N–H and O–H groups in total. The number of aromatic nitrogens is 2. The Hall–Kier alpha value is -3.18. The summed E-state index contributed by atoms with van der Waals surface area (Å²) in [5, 5.41) is 3.52. The fraction of sp³-hybridized carbons (Fsp3) is 0.519. The zero-order valence-corrected chi connectivity index (χ0v) is 22.7. The van der Waals surface area contributed by atoms with Crippen molar-refractivity contribution < 1.29 is 17.9 Å². The van der Waals surface area contributed by atoms with Gasteiger partial charge in [0.15, 0.2) is 9.84 Å². The third-order valence-electron chi connectivity index (χ3n) is 8.31. The first-order chi connectivity index (χ1) is 18.2. The molecule has 202 valence electrons. The maximum atomic E-state index is 12.0. The van der Waals surface area contributed by atoms with E-state index in [9.17, 15) is 13.2 Å². The van der Waals surface area contributed by atoms with Crippen molar-refractivity contribution in [2.45, 2.75) is 38.3 Å². The quantitative estimate of drug-likeness (QED) is 0.587. The number of nitrogens with one attached hydrogen (secondary N) is 1. The highest BCUT2D eigenvalue weighted by Gasteiger charge is 2.38. The van der Waals surface area contributed by atoms with E-state index < -0.39 is 9.84 Å². The average molecular weight is 539 g/mol. The van der Waals surface area contributed by atoms with Crippen LogP contribution in [0.5, 0.6) is 5.75 Å². The zero-order chi connectivity index (χ0) is 26.6. The smallest absolute Gasteiger partial charge is 0.246 e. The van der Waals surface area contributed by atoms with Crippen molar-refractivity contribution in [2.24, 2.45) is 0 Å². The molecular weight excluding hydrogens is 504 g/mol. The number of likely N-dealkylation sites (tertiary alicyclic amines) is 2. The first kappa shape index (κ1) is 25.1. The van der Waals surface area contributed by atoms with Gasteiger partial charge in [-0.05, 0) is 43.5 Å². The maximum absolute atomic E-state index is 12.0. The monoisotopic (exact) mass is 538 g/mol. The summed E-state index contributed by atoms with van der Waals surface area (Å²) in [5.74, 6) is 2.91. The Labute approximate surface area is 223 Å². The molecule has 2 atom stereocenters. The van der Waals surface area contributed by atoms with Crippen LogP contribution in [0, 0.1) is 6.92 Å². The summed E-state index contributed by atoms with van der Waals surface area (Å²) < 4.78 is 30.4. The highest BCUT2D eigenvalue weighted by Crippen LogP contribution is 2.45. The van der Waals surface area contributed by atoms with Crippen LogP contribution in [0.1, 0.15) is 42.1 Å². The molecule has 1 amide bonds. The number of nitrogens with zero attached hydrogens (tertiary/aromatic N) is 5. The Balaban J connectivity index is 1.21. The van der Waals surface area contributed by atoms with Gasteiger partial charge in [-0.15, -0.1) is 0 Å². The van der Waals surface area contributed by atoms with Gasteiger partial charge in [-0.1, -0.05) is 12.6 Å².